The monoisotopic (exact) mass is 578 g/mol. The van der Waals surface area contributed by atoms with E-state index in [1.165, 1.54) is 105 Å². The van der Waals surface area contributed by atoms with E-state index in [1.54, 1.807) is 0 Å². The number of unbranched alkanes of at least 4 members (excludes halogenated alkanes) is 13. The van der Waals surface area contributed by atoms with E-state index in [2.05, 4.69) is 87.2 Å². The van der Waals surface area contributed by atoms with Gasteiger partial charge in [0.25, 0.3) is 0 Å². The lowest BCUT2D eigenvalue weighted by molar-refractivity contribution is -0.344. The van der Waals surface area contributed by atoms with Crippen LogP contribution in [-0.2, 0) is 12.8 Å². The molecule has 0 radical (unpaired) electrons. The molecule has 0 amide bonds. The molecule has 43 heavy (non-hydrogen) atoms. The van der Waals surface area contributed by atoms with E-state index < -0.39 is 0 Å². The maximum atomic E-state index is 11.6. The Bertz CT molecular complexity index is 1240. The highest BCUT2D eigenvalue weighted by molar-refractivity contribution is 5.79. The molecule has 0 spiro atoms. The molecule has 0 fully saturated rings. The van der Waals surface area contributed by atoms with Gasteiger partial charge < -0.3 is 5.53 Å². The molecule has 0 saturated heterocycles. The lowest BCUT2D eigenvalue weighted by Crippen LogP contribution is -2.05. The second kappa shape index (κ2) is 20.9. The predicted molar refractivity (Wildman–Crippen MR) is 187 cm³/mol. The summed E-state index contributed by atoms with van der Waals surface area (Å²) in [7, 11) is 0. The van der Waals surface area contributed by atoms with Crippen LogP contribution in [0.5, 0.6) is 0 Å². The molecule has 1 heterocycles. The molecule has 1 aliphatic rings. The van der Waals surface area contributed by atoms with Crippen LogP contribution in [0.25, 0.3) is 16.9 Å². The van der Waals surface area contributed by atoms with Gasteiger partial charge in [0.15, 0.2) is 0 Å². The average Bonchev–Trinajstić information content (AvgIpc) is 3.36. The molecule has 2 aromatic rings. The number of hydrogen-bond acceptors (Lipinski definition) is 0. The van der Waals surface area contributed by atoms with E-state index in [9.17, 15) is 5.53 Å². The molecule has 2 nitrogen and oxygen atoms in total. The largest absolute Gasteiger partial charge is 0.493 e. The van der Waals surface area contributed by atoms with Crippen molar-refractivity contribution in [3.05, 3.63) is 88.0 Å². The summed E-state index contributed by atoms with van der Waals surface area (Å²) in [6, 6.07) is 17.4. The first-order chi connectivity index (χ1) is 21.2. The zero-order chi connectivity index (χ0) is 30.5. The van der Waals surface area contributed by atoms with E-state index in [0.29, 0.717) is 0 Å². The Hall–Kier alpha value is -2.92. The molecule has 0 aromatic heterocycles. The first kappa shape index (κ1) is 34.6. The van der Waals surface area contributed by atoms with E-state index in [-0.39, 0.29) is 0 Å². The van der Waals surface area contributed by atoms with Crippen molar-refractivity contribution < 1.29 is 4.70 Å². The standard InChI is InChI=1S/C41H58N2/c1-4-7-10-11-12-13-14-15-16-17-18-19-20-22-29-36-30-23-24-32-39(36)41-38(28-9-6-3)34-40(43(41)42)37-31-25-27-35(33-37)26-21-8-5-2/h23-25,27,30-34H,4-18,21-22,26,28-29H2,1-3H3. The lowest BCUT2D eigenvalue weighted by Gasteiger charge is -2.13. The van der Waals surface area contributed by atoms with Gasteiger partial charge in [-0.1, -0.05) is 128 Å². The van der Waals surface area contributed by atoms with Gasteiger partial charge in [0.1, 0.15) is 0 Å². The molecule has 2 aromatic carbocycles. The smallest absolute Gasteiger partial charge is 0.211 e. The maximum absolute atomic E-state index is 11.6. The van der Waals surface area contributed by atoms with E-state index in [1.807, 2.05) is 0 Å². The molecule has 0 aliphatic carbocycles. The third-order valence-electron chi connectivity index (χ3n) is 8.72. The quantitative estimate of drug-likeness (QED) is 0.0799. The molecule has 1 aliphatic heterocycles. The van der Waals surface area contributed by atoms with Crippen LogP contribution in [0.15, 0.2) is 60.2 Å². The first-order valence-corrected chi connectivity index (χ1v) is 17.8. The second-order valence-electron chi connectivity index (χ2n) is 12.4. The molecule has 232 valence electrons. The molecule has 0 saturated carbocycles. The Labute approximate surface area is 264 Å². The van der Waals surface area contributed by atoms with Crippen LogP contribution >= 0.6 is 0 Å². The van der Waals surface area contributed by atoms with Gasteiger partial charge in [0, 0.05) is 35.6 Å². The van der Waals surface area contributed by atoms with Crippen molar-refractivity contribution in [1.82, 2.24) is 0 Å². The number of benzene rings is 2. The van der Waals surface area contributed by atoms with Crippen LogP contribution in [0.2, 0.25) is 0 Å². The van der Waals surface area contributed by atoms with Crippen molar-refractivity contribution in [3.63, 3.8) is 0 Å². The van der Waals surface area contributed by atoms with E-state index in [4.69, 9.17) is 0 Å². The number of hydrogen-bond donors (Lipinski definition) is 0. The Morgan fingerprint density at radius 2 is 1.26 bits per heavy atom. The van der Waals surface area contributed by atoms with Crippen molar-refractivity contribution >= 4 is 11.4 Å². The minimum absolute atomic E-state index is 0.859. The van der Waals surface area contributed by atoms with Gasteiger partial charge in [-0.25, -0.2) is 4.70 Å². The fraction of sp³-hybridized carbons (Fsp3) is 0.561. The van der Waals surface area contributed by atoms with Crippen molar-refractivity contribution in [1.29, 1.82) is 0 Å². The molecule has 0 bridgehead atoms. The van der Waals surface area contributed by atoms with Crippen LogP contribution in [-0.4, -0.2) is 4.70 Å². The van der Waals surface area contributed by atoms with Crippen LogP contribution in [0.4, 0.5) is 0 Å². The Morgan fingerprint density at radius 3 is 2.00 bits per heavy atom. The van der Waals surface area contributed by atoms with E-state index in [0.717, 1.165) is 67.5 Å². The van der Waals surface area contributed by atoms with Crippen molar-refractivity contribution in [2.24, 2.45) is 0 Å². The molecular weight excluding hydrogens is 520 g/mol. The minimum atomic E-state index is 0.859. The fourth-order valence-electron chi connectivity index (χ4n) is 6.11. The van der Waals surface area contributed by atoms with Gasteiger partial charge in [-0.15, -0.1) is 11.8 Å². The summed E-state index contributed by atoms with van der Waals surface area (Å²) in [5.41, 5.74) is 19.5. The van der Waals surface area contributed by atoms with Crippen molar-refractivity contribution in [3.8, 4) is 11.8 Å². The van der Waals surface area contributed by atoms with Gasteiger partial charge in [-0.05, 0) is 67.9 Å². The Morgan fingerprint density at radius 1 is 0.605 bits per heavy atom. The van der Waals surface area contributed by atoms with Crippen LogP contribution in [0.3, 0.4) is 0 Å². The third-order valence-corrected chi connectivity index (χ3v) is 8.72. The lowest BCUT2D eigenvalue weighted by atomic mass is 9.96. The highest BCUT2D eigenvalue weighted by Crippen LogP contribution is 2.39. The van der Waals surface area contributed by atoms with Crippen LogP contribution in [0.1, 0.15) is 159 Å². The summed E-state index contributed by atoms with van der Waals surface area (Å²) < 4.78 is 1.46. The molecular formula is C41H58N2. The average molecular weight is 579 g/mol. The van der Waals surface area contributed by atoms with Gasteiger partial charge in [-0.3, -0.25) is 0 Å². The normalized spacial score (nSPS) is 12.9. The summed E-state index contributed by atoms with van der Waals surface area (Å²) in [5.74, 6) is 6.88. The van der Waals surface area contributed by atoms with Gasteiger partial charge in [0.05, 0.1) is 0 Å². The van der Waals surface area contributed by atoms with Gasteiger partial charge in [0.2, 0.25) is 11.4 Å². The Balaban J connectivity index is 1.57. The number of allylic oxidation sites excluding steroid dienone is 2. The van der Waals surface area contributed by atoms with Gasteiger partial charge in [-0.2, -0.15) is 0 Å². The molecule has 0 unspecified atom stereocenters. The summed E-state index contributed by atoms with van der Waals surface area (Å²) in [5, 5.41) is 0. The minimum Gasteiger partial charge on any atom is -0.493 e. The topological polar surface area (TPSA) is 25.3 Å². The van der Waals surface area contributed by atoms with Gasteiger partial charge >= 0.3 is 0 Å². The Kier molecular flexibility index (Phi) is 16.8. The van der Waals surface area contributed by atoms with Crippen molar-refractivity contribution in [2.75, 3.05) is 0 Å². The maximum Gasteiger partial charge on any atom is 0.211 e. The number of nitrogens with zero attached hydrogens (tertiary/aromatic N) is 2. The SMILES string of the molecule is CCCCCCCCCCCCC#CCCc1ccccc1C1=C(CCCC)C=C(c2cccc(CCCCC)c2)[N+]1=[N-]. The summed E-state index contributed by atoms with van der Waals surface area (Å²) in [6.45, 7) is 6.77. The first-order valence-electron chi connectivity index (χ1n) is 17.8. The molecule has 0 atom stereocenters. The molecule has 0 N–H and O–H groups in total. The predicted octanol–water partition coefficient (Wildman–Crippen LogP) is 12.7. The van der Waals surface area contributed by atoms with E-state index >= 15 is 0 Å². The third kappa shape index (κ3) is 11.9. The summed E-state index contributed by atoms with van der Waals surface area (Å²) in [4.78, 5) is 0. The molecule has 2 heteroatoms. The number of rotatable bonds is 21. The summed E-state index contributed by atoms with van der Waals surface area (Å²) in [6.07, 6.45) is 26.6. The second-order valence-corrected chi connectivity index (χ2v) is 12.4. The fourth-order valence-corrected chi connectivity index (χ4v) is 6.11. The highest BCUT2D eigenvalue weighted by Gasteiger charge is 2.30. The zero-order valence-corrected chi connectivity index (χ0v) is 27.7. The highest BCUT2D eigenvalue weighted by atomic mass is 15.2. The number of aryl methyl sites for hydroxylation is 2. The summed E-state index contributed by atoms with van der Waals surface area (Å²) >= 11 is 0. The van der Waals surface area contributed by atoms with Crippen LogP contribution in [0, 0.1) is 11.8 Å². The molecule has 3 rings (SSSR count). The zero-order valence-electron chi connectivity index (χ0n) is 27.7. The van der Waals surface area contributed by atoms with Crippen molar-refractivity contribution in [2.45, 2.75) is 149 Å². The van der Waals surface area contributed by atoms with Crippen LogP contribution < -0.4 is 0 Å².